The molecule has 41 heavy (non-hydrogen) atoms. The van der Waals surface area contributed by atoms with Gasteiger partial charge in [-0.25, -0.2) is 24.1 Å². The highest BCUT2D eigenvalue weighted by molar-refractivity contribution is 7.09. The molecule has 4 aromatic heterocycles. The molecule has 4 aromatic rings. The maximum atomic E-state index is 10.6. The van der Waals surface area contributed by atoms with E-state index < -0.39 is 24.3 Å². The number of rotatable bonds is 4. The lowest BCUT2D eigenvalue weighted by Crippen LogP contribution is -2.34. The van der Waals surface area contributed by atoms with Crippen molar-refractivity contribution in [3.8, 4) is 11.1 Å². The van der Waals surface area contributed by atoms with Crippen LogP contribution in [0.25, 0.3) is 16.8 Å². The van der Waals surface area contributed by atoms with Gasteiger partial charge in [0.1, 0.15) is 5.01 Å². The lowest BCUT2D eigenvalue weighted by atomic mass is 9.97. The van der Waals surface area contributed by atoms with E-state index in [4.69, 9.17) is 29.9 Å². The molecule has 220 valence electrons. The average molecular weight is 605 g/mol. The number of aliphatic carboxylic acids is 2. The largest absolute Gasteiger partial charge is 0.490 e. The summed E-state index contributed by atoms with van der Waals surface area (Å²) in [6.07, 6.45) is -0.296. The number of piperidine rings is 1. The summed E-state index contributed by atoms with van der Waals surface area (Å²) in [7, 11) is 0. The van der Waals surface area contributed by atoms with Crippen molar-refractivity contribution in [1.82, 2.24) is 29.5 Å². The predicted octanol–water partition coefficient (Wildman–Crippen LogP) is 4.89. The van der Waals surface area contributed by atoms with E-state index in [1.165, 1.54) is 11.4 Å². The molecule has 10 nitrogen and oxygen atoms in total. The molecule has 1 aliphatic rings. The fourth-order valence-electron chi connectivity index (χ4n) is 3.72. The van der Waals surface area contributed by atoms with Crippen molar-refractivity contribution in [3.05, 3.63) is 65.3 Å². The number of hydrogen-bond donors (Lipinski definition) is 2. The fourth-order valence-corrected chi connectivity index (χ4v) is 4.38. The Hall–Kier alpha value is -4.12. The van der Waals surface area contributed by atoms with E-state index in [0.29, 0.717) is 5.92 Å². The molecule has 0 amide bonds. The second-order valence-corrected chi connectivity index (χ2v) is 9.51. The molecular weight excluding hydrogens is 582 g/mol. The van der Waals surface area contributed by atoms with Gasteiger partial charge >= 0.3 is 24.3 Å². The van der Waals surface area contributed by atoms with Gasteiger partial charge in [0.25, 0.3) is 0 Å². The molecule has 0 aromatic carbocycles. The average Bonchev–Trinajstić information content (AvgIpc) is 3.58. The number of nitrogens with zero attached hydrogens (tertiary/aromatic N) is 6. The van der Waals surface area contributed by atoms with Crippen LogP contribution < -0.4 is 0 Å². The number of carbonyl (C=O) groups is 2. The lowest BCUT2D eigenvalue weighted by molar-refractivity contribution is -0.193. The van der Waals surface area contributed by atoms with Crippen molar-refractivity contribution >= 4 is 28.9 Å². The quantitative estimate of drug-likeness (QED) is 0.312. The Kier molecular flexibility index (Phi) is 10.3. The van der Waals surface area contributed by atoms with Crippen LogP contribution in [0.5, 0.6) is 0 Å². The van der Waals surface area contributed by atoms with E-state index in [2.05, 4.69) is 27.1 Å². The second kappa shape index (κ2) is 13.5. The molecule has 0 spiro atoms. The van der Waals surface area contributed by atoms with E-state index in [0.717, 1.165) is 48.7 Å². The summed E-state index contributed by atoms with van der Waals surface area (Å²) in [5.74, 6) is -4.19. The third-order valence-corrected chi connectivity index (χ3v) is 6.32. The van der Waals surface area contributed by atoms with Crippen molar-refractivity contribution < 1.29 is 46.1 Å². The van der Waals surface area contributed by atoms with Gasteiger partial charge in [-0.15, -0.1) is 11.3 Å². The maximum Gasteiger partial charge on any atom is 0.490 e. The molecule has 0 saturated carbocycles. The molecule has 0 aliphatic carbocycles. The summed E-state index contributed by atoms with van der Waals surface area (Å²) >= 11 is 1.72. The number of carboxylic acid groups (broad SMARTS) is 2. The summed E-state index contributed by atoms with van der Waals surface area (Å²) in [5, 5.41) is 22.3. The van der Waals surface area contributed by atoms with E-state index in [1.807, 2.05) is 46.7 Å². The van der Waals surface area contributed by atoms with Gasteiger partial charge in [-0.05, 0) is 49.2 Å². The first-order chi connectivity index (χ1) is 19.2. The molecule has 0 bridgehead atoms. The fraction of sp³-hybridized carbons (Fsp3) is 0.333. The monoisotopic (exact) mass is 604 g/mol. The van der Waals surface area contributed by atoms with Crippen LogP contribution >= 0.6 is 11.3 Å². The molecule has 0 radical (unpaired) electrons. The summed E-state index contributed by atoms with van der Waals surface area (Å²) in [4.78, 5) is 33.6. The molecule has 5 heterocycles. The van der Waals surface area contributed by atoms with E-state index in [-0.39, 0.29) is 0 Å². The van der Waals surface area contributed by atoms with Crippen molar-refractivity contribution in [2.24, 2.45) is 0 Å². The third kappa shape index (κ3) is 9.49. The minimum Gasteiger partial charge on any atom is -0.475 e. The zero-order valence-corrected chi connectivity index (χ0v) is 21.7. The van der Waals surface area contributed by atoms with E-state index >= 15 is 0 Å². The van der Waals surface area contributed by atoms with Gasteiger partial charge in [0, 0.05) is 48.2 Å². The molecule has 1 atom stereocenters. The van der Waals surface area contributed by atoms with Crippen LogP contribution in [0.4, 0.5) is 26.3 Å². The first kappa shape index (κ1) is 31.4. The number of pyridine rings is 2. The number of alkyl halides is 6. The summed E-state index contributed by atoms with van der Waals surface area (Å²) in [6, 6.07) is 8.16. The summed E-state index contributed by atoms with van der Waals surface area (Å²) < 4.78 is 65.4. The Morgan fingerprint density at radius 2 is 1.59 bits per heavy atom. The predicted molar refractivity (Wildman–Crippen MR) is 133 cm³/mol. The number of thiazole rings is 1. The molecule has 1 fully saturated rings. The van der Waals surface area contributed by atoms with Crippen LogP contribution in [-0.2, 0) is 16.1 Å². The third-order valence-electron chi connectivity index (χ3n) is 5.56. The van der Waals surface area contributed by atoms with Gasteiger partial charge in [0.15, 0.2) is 11.5 Å². The van der Waals surface area contributed by atoms with E-state index in [1.54, 1.807) is 11.3 Å². The number of fused-ring (bicyclic) bond motifs is 1. The van der Waals surface area contributed by atoms with Gasteiger partial charge in [-0.1, -0.05) is 0 Å². The summed E-state index contributed by atoms with van der Waals surface area (Å²) in [6.45, 7) is 3.04. The van der Waals surface area contributed by atoms with Gasteiger partial charge in [-0.3, -0.25) is 9.88 Å². The highest BCUT2D eigenvalue weighted by atomic mass is 32.1. The van der Waals surface area contributed by atoms with Gasteiger partial charge in [0.05, 0.1) is 6.54 Å². The van der Waals surface area contributed by atoms with Gasteiger partial charge in [0.2, 0.25) is 0 Å². The van der Waals surface area contributed by atoms with Gasteiger partial charge < -0.3 is 10.2 Å². The Morgan fingerprint density at radius 1 is 0.951 bits per heavy atom. The normalized spacial score (nSPS) is 15.8. The van der Waals surface area contributed by atoms with Crippen LogP contribution in [0.15, 0.2) is 54.4 Å². The topological polar surface area (TPSA) is 134 Å². The Bertz CT molecular complexity index is 1410. The number of halogens is 6. The summed E-state index contributed by atoms with van der Waals surface area (Å²) in [5.41, 5.74) is 3.16. The Morgan fingerprint density at radius 3 is 2.15 bits per heavy atom. The first-order valence-electron chi connectivity index (χ1n) is 11.7. The van der Waals surface area contributed by atoms with Crippen molar-refractivity contribution in [2.45, 2.75) is 37.7 Å². The van der Waals surface area contributed by atoms with Crippen LogP contribution in [0, 0.1) is 0 Å². The Balaban J connectivity index is 0.000000276. The zero-order chi connectivity index (χ0) is 30.2. The number of hydrogen-bond acceptors (Lipinski definition) is 8. The molecule has 1 saturated heterocycles. The first-order valence-corrected chi connectivity index (χ1v) is 12.6. The van der Waals surface area contributed by atoms with Crippen LogP contribution in [0.1, 0.15) is 29.6 Å². The molecule has 17 heteroatoms. The van der Waals surface area contributed by atoms with Crippen LogP contribution in [0.3, 0.4) is 0 Å². The maximum absolute atomic E-state index is 10.6. The molecule has 5 rings (SSSR count). The van der Waals surface area contributed by atoms with Gasteiger partial charge in [-0.2, -0.15) is 31.4 Å². The Labute approximate surface area is 231 Å². The molecular formula is C24H22F6N6O4S. The number of aromatic nitrogens is 5. The molecule has 1 unspecified atom stereocenters. The van der Waals surface area contributed by atoms with Crippen molar-refractivity contribution in [3.63, 3.8) is 0 Å². The standard InChI is InChI=1S/C20H20N6S.2C2HF3O2/c1-2-17(12-25(10-1)14-19-22-9-11-27-19)20-23-18-4-3-16(13-26(18)24-20)15-5-7-21-8-6-15;2*3-2(4,5)1(6)7/h3-9,11,13,17H,1-2,10,12,14H2;2*(H,6,7). The minimum atomic E-state index is -5.08. The highest BCUT2D eigenvalue weighted by Crippen LogP contribution is 2.27. The lowest BCUT2D eigenvalue weighted by Gasteiger charge is -2.30. The number of carboxylic acids is 2. The smallest absolute Gasteiger partial charge is 0.475 e. The number of likely N-dealkylation sites (tertiary alicyclic amines) is 1. The SMILES string of the molecule is O=C(O)C(F)(F)F.O=C(O)C(F)(F)F.c1cc(-c2ccc3nc(C4CCCN(Cc5nccs5)C4)nn3c2)ccn1. The van der Waals surface area contributed by atoms with Crippen LogP contribution in [-0.4, -0.2) is 77.1 Å². The van der Waals surface area contributed by atoms with E-state index in [9.17, 15) is 26.3 Å². The second-order valence-electron chi connectivity index (χ2n) is 8.53. The molecule has 2 N–H and O–H groups in total. The van der Waals surface area contributed by atoms with Crippen molar-refractivity contribution in [1.29, 1.82) is 0 Å². The highest BCUT2D eigenvalue weighted by Gasteiger charge is 2.38. The van der Waals surface area contributed by atoms with Crippen LogP contribution in [0.2, 0.25) is 0 Å². The minimum absolute atomic E-state index is 0.378. The zero-order valence-electron chi connectivity index (χ0n) is 20.9. The van der Waals surface area contributed by atoms with Crippen molar-refractivity contribution in [2.75, 3.05) is 13.1 Å². The molecule has 1 aliphatic heterocycles.